The number of fused-ring (bicyclic) bond motifs is 1. The third kappa shape index (κ3) is 1.50. The summed E-state index contributed by atoms with van der Waals surface area (Å²) in [4.78, 5) is 11.1. The van der Waals surface area contributed by atoms with Gasteiger partial charge in [-0.1, -0.05) is 0 Å². The minimum Gasteiger partial charge on any atom is -0.495 e. The Labute approximate surface area is 93.7 Å². The number of benzene rings is 1. The molecule has 0 amide bonds. The van der Waals surface area contributed by atoms with Gasteiger partial charge in [-0.3, -0.25) is 0 Å². The number of methoxy groups -OCH3 is 1. The van der Waals surface area contributed by atoms with E-state index in [-0.39, 0.29) is 23.9 Å². The van der Waals surface area contributed by atoms with E-state index in [1.165, 1.54) is 7.11 Å². The van der Waals surface area contributed by atoms with Gasteiger partial charge in [0.1, 0.15) is 5.56 Å². The average molecular weight is 275 g/mol. The summed E-state index contributed by atoms with van der Waals surface area (Å²) in [6.07, 6.45) is 0. The van der Waals surface area contributed by atoms with Gasteiger partial charge < -0.3 is 19.3 Å². The molecule has 0 saturated carbocycles. The van der Waals surface area contributed by atoms with Crippen molar-refractivity contribution in [3.63, 3.8) is 0 Å². The van der Waals surface area contributed by atoms with Crippen LogP contribution in [0.1, 0.15) is 10.4 Å². The first-order chi connectivity index (χ1) is 7.15. The highest BCUT2D eigenvalue weighted by atomic mass is 79.9. The van der Waals surface area contributed by atoms with Crippen LogP contribution in [0.15, 0.2) is 10.5 Å². The van der Waals surface area contributed by atoms with Crippen LogP contribution in [0.5, 0.6) is 17.2 Å². The Bertz CT molecular complexity index is 425. The third-order valence-electron chi connectivity index (χ3n) is 1.99. The zero-order valence-corrected chi connectivity index (χ0v) is 9.33. The Hall–Kier alpha value is -1.43. The van der Waals surface area contributed by atoms with Crippen LogP contribution in [-0.4, -0.2) is 25.0 Å². The highest BCUT2D eigenvalue weighted by molar-refractivity contribution is 9.10. The summed E-state index contributed by atoms with van der Waals surface area (Å²) in [6.45, 7) is 0.0230. The smallest absolute Gasteiger partial charge is 0.343 e. The number of aromatic carboxylic acids is 1. The fourth-order valence-electron chi connectivity index (χ4n) is 1.39. The lowest BCUT2D eigenvalue weighted by molar-refractivity contribution is 0.0688. The van der Waals surface area contributed by atoms with Gasteiger partial charge >= 0.3 is 5.97 Å². The van der Waals surface area contributed by atoms with Crippen LogP contribution in [0.2, 0.25) is 0 Å². The van der Waals surface area contributed by atoms with Crippen molar-refractivity contribution in [2.75, 3.05) is 13.9 Å². The molecule has 1 aromatic rings. The maximum Gasteiger partial charge on any atom is 0.343 e. The third-order valence-corrected chi connectivity index (χ3v) is 2.58. The lowest BCUT2D eigenvalue weighted by Crippen LogP contribution is -2.03. The Morgan fingerprint density at radius 3 is 2.93 bits per heavy atom. The van der Waals surface area contributed by atoms with Crippen LogP contribution < -0.4 is 14.2 Å². The fourth-order valence-corrected chi connectivity index (χ4v) is 1.96. The summed E-state index contributed by atoms with van der Waals surface area (Å²) >= 11 is 3.21. The topological polar surface area (TPSA) is 65.0 Å². The molecule has 0 bridgehead atoms. The van der Waals surface area contributed by atoms with E-state index < -0.39 is 5.97 Å². The molecule has 0 aliphatic carbocycles. The quantitative estimate of drug-likeness (QED) is 0.892. The van der Waals surface area contributed by atoms with Gasteiger partial charge in [-0.05, 0) is 15.9 Å². The first kappa shape index (κ1) is 10.1. The minimum absolute atomic E-state index is 0.0230. The minimum atomic E-state index is -1.12. The molecular formula is C9H7BrO5. The number of hydrogen-bond acceptors (Lipinski definition) is 4. The maximum absolute atomic E-state index is 11.1. The molecule has 1 aliphatic heterocycles. The van der Waals surface area contributed by atoms with Crippen LogP contribution in [-0.2, 0) is 0 Å². The Balaban J connectivity index is 2.71. The van der Waals surface area contributed by atoms with Gasteiger partial charge in [0, 0.05) is 6.07 Å². The molecule has 0 spiro atoms. The van der Waals surface area contributed by atoms with E-state index in [0.717, 1.165) is 0 Å². The molecule has 0 unspecified atom stereocenters. The zero-order chi connectivity index (χ0) is 11.0. The molecule has 0 atom stereocenters. The molecular weight excluding hydrogens is 268 g/mol. The SMILES string of the molecule is COc1c(Br)cc2c(c1C(=O)O)OCO2. The number of carbonyl (C=O) groups is 1. The molecule has 1 N–H and O–H groups in total. The monoisotopic (exact) mass is 274 g/mol. The number of carboxylic acid groups (broad SMARTS) is 1. The van der Waals surface area contributed by atoms with Crippen LogP contribution >= 0.6 is 15.9 Å². The Kier molecular flexibility index (Phi) is 2.44. The van der Waals surface area contributed by atoms with Crippen molar-refractivity contribution in [1.29, 1.82) is 0 Å². The van der Waals surface area contributed by atoms with E-state index in [4.69, 9.17) is 19.3 Å². The van der Waals surface area contributed by atoms with Crippen molar-refractivity contribution in [3.05, 3.63) is 16.1 Å². The van der Waals surface area contributed by atoms with Crippen LogP contribution in [0, 0.1) is 0 Å². The second-order valence-corrected chi connectivity index (χ2v) is 3.66. The zero-order valence-electron chi connectivity index (χ0n) is 7.74. The van der Waals surface area contributed by atoms with Crippen LogP contribution in [0.25, 0.3) is 0 Å². The second kappa shape index (κ2) is 3.62. The largest absolute Gasteiger partial charge is 0.495 e. The second-order valence-electron chi connectivity index (χ2n) is 2.81. The van der Waals surface area contributed by atoms with Gasteiger partial charge in [-0.25, -0.2) is 4.79 Å². The van der Waals surface area contributed by atoms with E-state index in [1.807, 2.05) is 0 Å². The molecule has 80 valence electrons. The van der Waals surface area contributed by atoms with Gasteiger partial charge in [0.05, 0.1) is 11.6 Å². The van der Waals surface area contributed by atoms with Gasteiger partial charge in [0.25, 0.3) is 0 Å². The van der Waals surface area contributed by atoms with Crippen molar-refractivity contribution in [1.82, 2.24) is 0 Å². The van der Waals surface area contributed by atoms with Crippen molar-refractivity contribution < 1.29 is 24.1 Å². The maximum atomic E-state index is 11.1. The van der Waals surface area contributed by atoms with Crippen molar-refractivity contribution in [3.8, 4) is 17.2 Å². The first-order valence-electron chi connectivity index (χ1n) is 4.04. The van der Waals surface area contributed by atoms with E-state index in [2.05, 4.69) is 15.9 Å². The lowest BCUT2D eigenvalue weighted by atomic mass is 10.1. The molecule has 6 heteroatoms. The molecule has 0 saturated heterocycles. The summed E-state index contributed by atoms with van der Waals surface area (Å²) in [7, 11) is 1.40. The van der Waals surface area contributed by atoms with E-state index in [1.54, 1.807) is 6.07 Å². The molecule has 15 heavy (non-hydrogen) atoms. The van der Waals surface area contributed by atoms with Gasteiger partial charge in [0.15, 0.2) is 17.2 Å². The van der Waals surface area contributed by atoms with E-state index >= 15 is 0 Å². The Morgan fingerprint density at radius 1 is 1.60 bits per heavy atom. The molecule has 1 aromatic carbocycles. The van der Waals surface area contributed by atoms with Crippen molar-refractivity contribution >= 4 is 21.9 Å². The molecule has 1 aliphatic rings. The van der Waals surface area contributed by atoms with Gasteiger partial charge in [-0.2, -0.15) is 0 Å². The van der Waals surface area contributed by atoms with Crippen molar-refractivity contribution in [2.24, 2.45) is 0 Å². The standard InChI is InChI=1S/C9H7BrO5/c1-13-7-4(10)2-5-8(15-3-14-5)6(7)9(11)12/h2H,3H2,1H3,(H,11,12). The predicted molar refractivity (Wildman–Crippen MR) is 53.8 cm³/mol. The lowest BCUT2D eigenvalue weighted by Gasteiger charge is -2.09. The normalized spacial score (nSPS) is 12.7. The summed E-state index contributed by atoms with van der Waals surface area (Å²) < 4.78 is 15.7. The van der Waals surface area contributed by atoms with E-state index in [9.17, 15) is 4.79 Å². The van der Waals surface area contributed by atoms with Crippen LogP contribution in [0.4, 0.5) is 0 Å². The van der Waals surface area contributed by atoms with E-state index in [0.29, 0.717) is 10.2 Å². The highest BCUT2D eigenvalue weighted by Crippen LogP contribution is 2.45. The molecule has 1 heterocycles. The number of halogens is 1. The predicted octanol–water partition coefficient (Wildman–Crippen LogP) is 1.88. The molecule has 0 radical (unpaired) electrons. The Morgan fingerprint density at radius 2 is 2.33 bits per heavy atom. The number of rotatable bonds is 2. The molecule has 0 aromatic heterocycles. The summed E-state index contributed by atoms with van der Waals surface area (Å²) in [6, 6.07) is 1.62. The fraction of sp³-hybridized carbons (Fsp3) is 0.222. The average Bonchev–Trinajstić information content (AvgIpc) is 2.62. The molecule has 0 fully saturated rings. The summed E-state index contributed by atoms with van der Waals surface area (Å²) in [5.41, 5.74) is -0.0284. The van der Waals surface area contributed by atoms with Gasteiger partial charge in [-0.15, -0.1) is 0 Å². The van der Waals surface area contributed by atoms with Crippen molar-refractivity contribution in [2.45, 2.75) is 0 Å². The summed E-state index contributed by atoms with van der Waals surface area (Å²) in [5, 5.41) is 9.05. The molecule has 2 rings (SSSR count). The van der Waals surface area contributed by atoms with Gasteiger partial charge in [0.2, 0.25) is 6.79 Å². The summed E-state index contributed by atoms with van der Waals surface area (Å²) in [5.74, 6) is -0.274. The number of ether oxygens (including phenoxy) is 3. The number of hydrogen-bond donors (Lipinski definition) is 1. The molecule has 5 nitrogen and oxygen atoms in total. The highest BCUT2D eigenvalue weighted by Gasteiger charge is 2.28. The number of carboxylic acids is 1. The first-order valence-corrected chi connectivity index (χ1v) is 4.84. The van der Waals surface area contributed by atoms with Crippen LogP contribution in [0.3, 0.4) is 0 Å².